The maximum atomic E-state index is 14.7. The Bertz CT molecular complexity index is 2770. The van der Waals surface area contributed by atoms with Crippen molar-refractivity contribution in [2.45, 2.75) is 93.8 Å². The number of aliphatic carboxylic acids is 1. The smallest absolute Gasteiger partial charge is 0.327 e. The number of carbonyl (C=O) groups is 8. The van der Waals surface area contributed by atoms with Gasteiger partial charge >= 0.3 is 5.97 Å². The lowest BCUT2D eigenvalue weighted by atomic mass is 10.0. The van der Waals surface area contributed by atoms with Crippen LogP contribution in [-0.2, 0) is 64.0 Å². The minimum Gasteiger partial charge on any atom is -0.480 e. The van der Waals surface area contributed by atoms with Crippen molar-refractivity contribution in [2.24, 2.45) is 11.5 Å². The summed E-state index contributed by atoms with van der Waals surface area (Å²) in [5.41, 5.74) is 15.0. The van der Waals surface area contributed by atoms with Crippen LogP contribution in [0, 0.1) is 5.41 Å². The molecule has 3 heterocycles. The number of amides is 7. The van der Waals surface area contributed by atoms with Gasteiger partial charge in [-0.05, 0) is 48.9 Å². The zero-order valence-electron chi connectivity index (χ0n) is 40.9. The second-order valence-corrected chi connectivity index (χ2v) is 20.4. The number of H-pyrrole nitrogens is 2. The third kappa shape index (κ3) is 17.4. The Labute approximate surface area is 439 Å². The highest BCUT2D eigenvalue weighted by atomic mass is 33.1. The molecule has 0 radical (unpaired) electrons. The molecule has 1 saturated heterocycles. The molecule has 16 N–H and O–H groups in total. The molecule has 5 aromatic rings. The van der Waals surface area contributed by atoms with E-state index in [1.807, 2.05) is 24.3 Å². The van der Waals surface area contributed by atoms with Gasteiger partial charge in [-0.1, -0.05) is 100 Å². The number of rotatable bonds is 15. The zero-order valence-corrected chi connectivity index (χ0v) is 42.6. The predicted octanol–water partition coefficient (Wildman–Crippen LogP) is -0.355. The molecule has 1 aliphatic rings. The third-order valence-corrected chi connectivity index (χ3v) is 14.5. The van der Waals surface area contributed by atoms with Gasteiger partial charge in [0.1, 0.15) is 42.3 Å². The third-order valence-electron chi connectivity index (χ3n) is 12.1. The zero-order chi connectivity index (χ0) is 53.9. The fourth-order valence-corrected chi connectivity index (χ4v) is 10.3. The van der Waals surface area contributed by atoms with Crippen molar-refractivity contribution >= 4 is 85.8 Å². The number of nitrogens with two attached hydrogens (primary N) is 2. The number of para-hydroxylation sites is 1. The fourth-order valence-electron chi connectivity index (χ4n) is 8.00. The molecule has 2 aromatic heterocycles. The van der Waals surface area contributed by atoms with E-state index in [1.165, 1.54) is 19.4 Å². The van der Waals surface area contributed by atoms with Gasteiger partial charge in [0.25, 0.3) is 0 Å². The first-order valence-electron chi connectivity index (χ1n) is 24.1. The molecular formula is C50H62N14O9S2. The predicted molar refractivity (Wildman–Crippen MR) is 283 cm³/mol. The van der Waals surface area contributed by atoms with E-state index in [-0.39, 0.29) is 62.5 Å². The first-order valence-corrected chi connectivity index (χ1v) is 26.6. The number of aromatic nitrogens is 3. The van der Waals surface area contributed by atoms with Gasteiger partial charge in [0.15, 0.2) is 5.96 Å². The molecule has 7 amide bonds. The highest BCUT2D eigenvalue weighted by Gasteiger charge is 2.35. The largest absolute Gasteiger partial charge is 0.480 e. The maximum Gasteiger partial charge on any atom is 0.327 e. The number of nitrogens with zero attached hydrogens (tertiary/aromatic N) is 1. The highest BCUT2D eigenvalue weighted by molar-refractivity contribution is 8.76. The van der Waals surface area contributed by atoms with E-state index < -0.39 is 95.7 Å². The summed E-state index contributed by atoms with van der Waals surface area (Å²) in [5.74, 6) is -7.78. The number of nitrogens with one attached hydrogen (secondary N) is 11. The molecule has 0 unspecified atom stereocenters. The van der Waals surface area contributed by atoms with Crippen molar-refractivity contribution in [1.29, 1.82) is 5.41 Å². The summed E-state index contributed by atoms with van der Waals surface area (Å²) in [6, 6.07) is 14.2. The van der Waals surface area contributed by atoms with Gasteiger partial charge in [-0.15, -0.1) is 0 Å². The molecule has 23 nitrogen and oxygen atoms in total. The molecule has 8 atom stereocenters. The van der Waals surface area contributed by atoms with Gasteiger partial charge in [-0.2, -0.15) is 0 Å². The molecule has 1 fully saturated rings. The van der Waals surface area contributed by atoms with Crippen molar-refractivity contribution < 1.29 is 43.5 Å². The average Bonchev–Trinajstić information content (AvgIpc) is 4.07. The SMILES string of the molecule is C[C@@H]1NC(=O)[C@H](Cc2c[nH]c3ccccc23)NC(=O)[C@H](CCCNC(=N)N)NC(=O)[C@@H](Cc2ccccc2)NC(=O)[C@H](Cc2c[nH]cn2)NC(=O)[C@@H](NC(=O)[C@H](N)Cc2ccccc2)CSSC[C@H](C(=O)O)NC1=O. The lowest BCUT2D eigenvalue weighted by Crippen LogP contribution is -2.61. The van der Waals surface area contributed by atoms with E-state index in [1.54, 1.807) is 66.9 Å². The van der Waals surface area contributed by atoms with Gasteiger partial charge in [-0.25, -0.2) is 9.78 Å². The Morgan fingerprint density at radius 3 is 1.97 bits per heavy atom. The number of aromatic amines is 2. The van der Waals surface area contributed by atoms with Gasteiger partial charge in [0, 0.05) is 60.6 Å². The molecule has 75 heavy (non-hydrogen) atoms. The molecular weight excluding hydrogens is 1000 g/mol. The summed E-state index contributed by atoms with van der Waals surface area (Å²) in [6.45, 7) is 1.47. The van der Waals surface area contributed by atoms with E-state index in [0.717, 1.165) is 38.1 Å². The fraction of sp³-hybridized carbons (Fsp3) is 0.360. The van der Waals surface area contributed by atoms with Crippen molar-refractivity contribution in [3.05, 3.63) is 126 Å². The van der Waals surface area contributed by atoms with Gasteiger partial charge < -0.3 is 69.1 Å². The van der Waals surface area contributed by atoms with Gasteiger partial charge in [-0.3, -0.25) is 39.0 Å². The summed E-state index contributed by atoms with van der Waals surface area (Å²) in [5, 5.41) is 40.0. The van der Waals surface area contributed by atoms with E-state index in [9.17, 15) is 43.5 Å². The van der Waals surface area contributed by atoms with E-state index in [0.29, 0.717) is 16.8 Å². The number of fused-ring (bicyclic) bond motifs is 1. The van der Waals surface area contributed by atoms with Crippen molar-refractivity contribution in [2.75, 3.05) is 18.1 Å². The highest BCUT2D eigenvalue weighted by Crippen LogP contribution is 2.24. The first-order chi connectivity index (χ1) is 36.0. The van der Waals surface area contributed by atoms with Crippen LogP contribution in [-0.4, -0.2) is 140 Å². The van der Waals surface area contributed by atoms with Gasteiger partial charge in [0.2, 0.25) is 41.4 Å². The number of hydrogen-bond acceptors (Lipinski definition) is 13. The summed E-state index contributed by atoms with van der Waals surface area (Å²) >= 11 is 0. The number of guanidine groups is 1. The van der Waals surface area contributed by atoms with Crippen LogP contribution in [0.15, 0.2) is 104 Å². The lowest BCUT2D eigenvalue weighted by Gasteiger charge is -2.27. The van der Waals surface area contributed by atoms with Gasteiger partial charge in [0.05, 0.1) is 18.1 Å². The summed E-state index contributed by atoms with van der Waals surface area (Å²) < 4.78 is 0. The Morgan fingerprint density at radius 2 is 1.31 bits per heavy atom. The Kier molecular flexibility index (Phi) is 21.0. The van der Waals surface area contributed by atoms with Crippen LogP contribution in [0.5, 0.6) is 0 Å². The van der Waals surface area contributed by atoms with Crippen molar-refractivity contribution in [1.82, 2.24) is 57.5 Å². The van der Waals surface area contributed by atoms with Crippen LogP contribution in [0.4, 0.5) is 0 Å². The number of carbonyl (C=O) groups excluding carboxylic acids is 7. The first kappa shape index (κ1) is 56.4. The molecule has 0 spiro atoms. The molecule has 6 rings (SSSR count). The summed E-state index contributed by atoms with van der Waals surface area (Å²) in [6.07, 6.45) is 4.45. The lowest BCUT2D eigenvalue weighted by molar-refractivity contribution is -0.141. The minimum atomic E-state index is -1.49. The normalized spacial score (nSPS) is 22.2. The number of imidazole rings is 1. The molecule has 0 aliphatic carbocycles. The van der Waals surface area contributed by atoms with Crippen molar-refractivity contribution in [3.63, 3.8) is 0 Å². The second kappa shape index (κ2) is 28.0. The Morgan fingerprint density at radius 1 is 0.720 bits per heavy atom. The van der Waals surface area contributed by atoms with E-state index >= 15 is 0 Å². The van der Waals surface area contributed by atoms with E-state index in [4.69, 9.17) is 16.9 Å². The van der Waals surface area contributed by atoms with Crippen molar-refractivity contribution in [3.8, 4) is 0 Å². The standard InChI is InChI=1S/C50H62N14O9S2/c1-28-42(65)64-41(49(72)73)26-75-74-25-40(63-43(66)34(51)19-29-11-4-2-5-12-29)48(71)62-39(22-32-24-54-27-57-32)47(70)60-37(20-30-13-6-3-7-14-30)46(69)59-36(17-10-18-55-50(52)53)44(67)61-38(45(68)58-28)21-31-23-56-35-16-9-8-15-33(31)35/h2-9,11-16,23-24,27-28,34,36-41,56H,10,17-22,25-26,51H2,1H3,(H,54,57)(H,58,68)(H,59,69)(H,60,70)(H,61,67)(H,62,71)(H,63,66)(H,64,65)(H,72,73)(H4,52,53,55)/t28-,34+,36-,37+,38-,39-,40-,41+/m0/s1. The molecule has 398 valence electrons. The maximum absolute atomic E-state index is 14.7. The second-order valence-electron chi connectivity index (χ2n) is 17.8. The van der Waals surface area contributed by atoms with Crippen LogP contribution in [0.25, 0.3) is 10.9 Å². The van der Waals surface area contributed by atoms with Crippen LogP contribution in [0.1, 0.15) is 42.1 Å². The average molecular weight is 1070 g/mol. The Hall–Kier alpha value is -7.90. The molecule has 25 heteroatoms. The minimum absolute atomic E-state index is 0.0589. The van der Waals surface area contributed by atoms with Crippen LogP contribution in [0.2, 0.25) is 0 Å². The number of carboxylic acids is 1. The quantitative estimate of drug-likeness (QED) is 0.0276. The molecule has 0 bridgehead atoms. The number of carboxylic acid groups (broad SMARTS) is 1. The van der Waals surface area contributed by atoms with Crippen LogP contribution >= 0.6 is 21.6 Å². The topological polar surface area (TPSA) is 373 Å². The summed E-state index contributed by atoms with van der Waals surface area (Å²) in [4.78, 5) is 123. The number of hydrogen-bond donors (Lipinski definition) is 14. The summed E-state index contributed by atoms with van der Waals surface area (Å²) in [7, 11) is 1.98. The van der Waals surface area contributed by atoms with Crippen LogP contribution in [0.3, 0.4) is 0 Å². The monoisotopic (exact) mass is 1070 g/mol. The van der Waals surface area contributed by atoms with E-state index in [2.05, 4.69) is 57.5 Å². The molecule has 0 saturated carbocycles. The molecule has 1 aliphatic heterocycles. The molecule has 3 aromatic carbocycles. The number of benzene rings is 3. The Balaban J connectivity index is 1.36. The van der Waals surface area contributed by atoms with Crippen LogP contribution < -0.4 is 54.0 Å².